The highest BCUT2D eigenvalue weighted by atomic mass is 19.1. The molecule has 0 radical (unpaired) electrons. The molecule has 3 heterocycles. The standard InChI is InChI=1S/C16H15FN4O2/c17-10-4-5-11-13(9-10)19-15(18-11)14-3-1-2-7-21(14)16(22)12-6-8-23-20-12/h4-6,8-9,14H,1-3,7H2,(H,18,19). The van der Waals surface area contributed by atoms with Crippen LogP contribution < -0.4 is 0 Å². The summed E-state index contributed by atoms with van der Waals surface area (Å²) in [6.45, 7) is 0.641. The number of rotatable bonds is 2. The zero-order chi connectivity index (χ0) is 15.8. The maximum absolute atomic E-state index is 13.3. The van der Waals surface area contributed by atoms with Crippen LogP contribution in [0.5, 0.6) is 0 Å². The second-order valence-electron chi connectivity index (χ2n) is 5.68. The van der Waals surface area contributed by atoms with Crippen molar-refractivity contribution in [3.63, 3.8) is 0 Å². The number of hydrogen-bond donors (Lipinski definition) is 1. The number of H-pyrrole nitrogens is 1. The van der Waals surface area contributed by atoms with Crippen LogP contribution in [0.1, 0.15) is 41.6 Å². The van der Waals surface area contributed by atoms with Crippen LogP contribution in [0.15, 0.2) is 35.1 Å². The van der Waals surface area contributed by atoms with Crippen molar-refractivity contribution in [2.24, 2.45) is 0 Å². The molecule has 0 bridgehead atoms. The van der Waals surface area contributed by atoms with Gasteiger partial charge in [0.2, 0.25) is 0 Å². The van der Waals surface area contributed by atoms with Crippen LogP contribution in [0.4, 0.5) is 4.39 Å². The Bertz CT molecular complexity index is 843. The van der Waals surface area contributed by atoms with Gasteiger partial charge in [0.1, 0.15) is 17.9 Å². The first-order valence-electron chi connectivity index (χ1n) is 7.59. The predicted octanol–water partition coefficient (Wildman–Crippen LogP) is 3.06. The fourth-order valence-corrected chi connectivity index (χ4v) is 3.09. The summed E-state index contributed by atoms with van der Waals surface area (Å²) in [7, 11) is 0. The Hall–Kier alpha value is -2.70. The average Bonchev–Trinajstić information content (AvgIpc) is 3.23. The quantitative estimate of drug-likeness (QED) is 0.789. The molecule has 1 aromatic carbocycles. The fourth-order valence-electron chi connectivity index (χ4n) is 3.09. The summed E-state index contributed by atoms with van der Waals surface area (Å²) in [5.74, 6) is 0.198. The number of hydrogen-bond acceptors (Lipinski definition) is 4. The Morgan fingerprint density at radius 2 is 2.26 bits per heavy atom. The molecule has 118 valence electrons. The highest BCUT2D eigenvalue weighted by Crippen LogP contribution is 2.31. The third-order valence-corrected chi connectivity index (χ3v) is 4.20. The van der Waals surface area contributed by atoms with E-state index < -0.39 is 0 Å². The first-order valence-corrected chi connectivity index (χ1v) is 7.59. The van der Waals surface area contributed by atoms with Gasteiger partial charge in [-0.05, 0) is 37.5 Å². The smallest absolute Gasteiger partial charge is 0.276 e. The van der Waals surface area contributed by atoms with E-state index in [-0.39, 0.29) is 17.8 Å². The first-order chi connectivity index (χ1) is 11.2. The topological polar surface area (TPSA) is 75.0 Å². The predicted molar refractivity (Wildman–Crippen MR) is 80.2 cm³/mol. The van der Waals surface area contributed by atoms with Crippen LogP contribution in [-0.2, 0) is 0 Å². The van der Waals surface area contributed by atoms with Gasteiger partial charge in [0.15, 0.2) is 5.69 Å². The number of aromatic amines is 1. The molecule has 1 aliphatic heterocycles. The fraction of sp³-hybridized carbons (Fsp3) is 0.312. The van der Waals surface area contributed by atoms with E-state index in [1.165, 1.54) is 18.4 Å². The highest BCUT2D eigenvalue weighted by molar-refractivity contribution is 5.92. The van der Waals surface area contributed by atoms with Crippen molar-refractivity contribution >= 4 is 16.9 Å². The maximum Gasteiger partial charge on any atom is 0.276 e. The summed E-state index contributed by atoms with van der Waals surface area (Å²) in [4.78, 5) is 22.1. The van der Waals surface area contributed by atoms with E-state index in [4.69, 9.17) is 4.52 Å². The molecule has 6 nitrogen and oxygen atoms in total. The molecule has 7 heteroatoms. The van der Waals surface area contributed by atoms with E-state index in [1.54, 1.807) is 17.0 Å². The molecule has 0 aliphatic carbocycles. The van der Waals surface area contributed by atoms with Gasteiger partial charge >= 0.3 is 0 Å². The summed E-state index contributed by atoms with van der Waals surface area (Å²) in [5, 5.41) is 3.73. The van der Waals surface area contributed by atoms with Crippen LogP contribution >= 0.6 is 0 Å². The number of nitrogens with zero attached hydrogens (tertiary/aromatic N) is 3. The van der Waals surface area contributed by atoms with E-state index in [2.05, 4.69) is 15.1 Å². The first kappa shape index (κ1) is 13.9. The van der Waals surface area contributed by atoms with Gasteiger partial charge < -0.3 is 14.4 Å². The molecule has 1 fully saturated rings. The lowest BCUT2D eigenvalue weighted by Crippen LogP contribution is -2.39. The van der Waals surface area contributed by atoms with Gasteiger partial charge in [0, 0.05) is 12.6 Å². The number of amides is 1. The molecule has 3 aromatic rings. The van der Waals surface area contributed by atoms with Crippen molar-refractivity contribution in [3.05, 3.63) is 47.9 Å². The van der Waals surface area contributed by atoms with Crippen molar-refractivity contribution < 1.29 is 13.7 Å². The van der Waals surface area contributed by atoms with Gasteiger partial charge in [-0.15, -0.1) is 0 Å². The Kier molecular flexibility index (Phi) is 3.33. The minimum atomic E-state index is -0.313. The molecule has 1 N–H and O–H groups in total. The van der Waals surface area contributed by atoms with Crippen molar-refractivity contribution in [1.29, 1.82) is 0 Å². The number of likely N-dealkylation sites (tertiary alicyclic amines) is 1. The third-order valence-electron chi connectivity index (χ3n) is 4.20. The second-order valence-corrected chi connectivity index (χ2v) is 5.68. The molecule has 1 unspecified atom stereocenters. The van der Waals surface area contributed by atoms with E-state index in [9.17, 15) is 9.18 Å². The molecule has 1 amide bonds. The number of fused-ring (bicyclic) bond motifs is 1. The van der Waals surface area contributed by atoms with Gasteiger partial charge in [-0.2, -0.15) is 0 Å². The summed E-state index contributed by atoms with van der Waals surface area (Å²) in [6.07, 6.45) is 4.15. The molecule has 2 aromatic heterocycles. The zero-order valence-corrected chi connectivity index (χ0v) is 12.3. The number of carbonyl (C=O) groups is 1. The van der Waals surface area contributed by atoms with E-state index in [1.807, 2.05) is 0 Å². The monoisotopic (exact) mass is 314 g/mol. The van der Waals surface area contributed by atoms with E-state index in [0.29, 0.717) is 29.1 Å². The second kappa shape index (κ2) is 5.49. The maximum atomic E-state index is 13.3. The molecular formula is C16H15FN4O2. The summed E-state index contributed by atoms with van der Waals surface area (Å²) >= 11 is 0. The van der Waals surface area contributed by atoms with Crippen molar-refractivity contribution in [2.45, 2.75) is 25.3 Å². The Morgan fingerprint density at radius 1 is 1.35 bits per heavy atom. The van der Waals surface area contributed by atoms with Gasteiger partial charge in [0.05, 0.1) is 17.1 Å². The summed E-state index contributed by atoms with van der Waals surface area (Å²) in [5.41, 5.74) is 1.62. The van der Waals surface area contributed by atoms with E-state index >= 15 is 0 Å². The zero-order valence-electron chi connectivity index (χ0n) is 12.3. The summed E-state index contributed by atoms with van der Waals surface area (Å²) < 4.78 is 18.1. The average molecular weight is 314 g/mol. The lowest BCUT2D eigenvalue weighted by molar-refractivity contribution is 0.0591. The number of nitrogens with one attached hydrogen (secondary N) is 1. The van der Waals surface area contributed by atoms with Gasteiger partial charge in [-0.3, -0.25) is 4.79 Å². The molecule has 23 heavy (non-hydrogen) atoms. The Labute approximate surface area is 131 Å². The lowest BCUT2D eigenvalue weighted by atomic mass is 10.0. The van der Waals surface area contributed by atoms with Crippen LogP contribution in [0.25, 0.3) is 11.0 Å². The SMILES string of the molecule is O=C(c1ccon1)N1CCCCC1c1nc2ccc(F)cc2[nH]1. The third kappa shape index (κ3) is 2.48. The number of imidazole rings is 1. The minimum Gasteiger partial charge on any atom is -0.364 e. The molecular weight excluding hydrogens is 299 g/mol. The molecule has 0 spiro atoms. The summed E-state index contributed by atoms with van der Waals surface area (Å²) in [6, 6.07) is 5.83. The van der Waals surface area contributed by atoms with Crippen LogP contribution in [0, 0.1) is 5.82 Å². The highest BCUT2D eigenvalue weighted by Gasteiger charge is 2.31. The van der Waals surface area contributed by atoms with E-state index in [0.717, 1.165) is 19.3 Å². The Balaban J connectivity index is 1.70. The van der Waals surface area contributed by atoms with Crippen LogP contribution in [0.3, 0.4) is 0 Å². The van der Waals surface area contributed by atoms with Crippen LogP contribution in [-0.4, -0.2) is 32.5 Å². The van der Waals surface area contributed by atoms with Gasteiger partial charge in [-0.1, -0.05) is 5.16 Å². The Morgan fingerprint density at radius 3 is 3.09 bits per heavy atom. The number of halogens is 1. The van der Waals surface area contributed by atoms with Gasteiger partial charge in [0.25, 0.3) is 5.91 Å². The van der Waals surface area contributed by atoms with Gasteiger partial charge in [-0.25, -0.2) is 9.37 Å². The largest absolute Gasteiger partial charge is 0.364 e. The molecule has 1 atom stereocenters. The number of aromatic nitrogens is 3. The molecule has 4 rings (SSSR count). The lowest BCUT2D eigenvalue weighted by Gasteiger charge is -2.33. The van der Waals surface area contributed by atoms with Crippen molar-refractivity contribution in [1.82, 2.24) is 20.0 Å². The number of carbonyl (C=O) groups excluding carboxylic acids is 1. The normalized spacial score (nSPS) is 18.5. The van der Waals surface area contributed by atoms with Crippen molar-refractivity contribution in [2.75, 3.05) is 6.54 Å². The number of benzene rings is 1. The minimum absolute atomic E-state index is 0.164. The number of piperidine rings is 1. The molecule has 0 saturated carbocycles. The molecule has 1 aliphatic rings. The molecule has 1 saturated heterocycles. The van der Waals surface area contributed by atoms with Crippen molar-refractivity contribution in [3.8, 4) is 0 Å². The van der Waals surface area contributed by atoms with Crippen LogP contribution in [0.2, 0.25) is 0 Å².